The lowest BCUT2D eigenvalue weighted by atomic mass is 10.1. The molecule has 1 aromatic rings. The van der Waals surface area contributed by atoms with Gasteiger partial charge in [-0.3, -0.25) is 15.2 Å². The molecule has 0 radical (unpaired) electrons. The van der Waals surface area contributed by atoms with Crippen LogP contribution in [0, 0.1) is 12.3 Å². The Labute approximate surface area is 183 Å². The molecule has 0 aromatic carbocycles. The molecule has 7 nitrogen and oxygen atoms in total. The number of nitrogens with one attached hydrogen (secondary N) is 2. The van der Waals surface area contributed by atoms with Crippen molar-refractivity contribution in [1.82, 2.24) is 10.3 Å². The molecule has 0 atom stereocenters. The highest BCUT2D eigenvalue weighted by Crippen LogP contribution is 2.23. The summed E-state index contributed by atoms with van der Waals surface area (Å²) in [5, 5.41) is 29.8. The summed E-state index contributed by atoms with van der Waals surface area (Å²) in [6, 6.07) is 0. The number of amides is 1. The molecule has 0 fully saturated rings. The zero-order valence-electron chi connectivity index (χ0n) is 18.4. The number of nitrogens with zero attached hydrogens (tertiary/aromatic N) is 1. The Kier molecular flexibility index (Phi) is 10.7. The van der Waals surface area contributed by atoms with Crippen molar-refractivity contribution in [3.05, 3.63) is 82.8 Å². The predicted molar refractivity (Wildman–Crippen MR) is 124 cm³/mol. The first-order valence-electron chi connectivity index (χ1n) is 10.0. The van der Waals surface area contributed by atoms with E-state index in [1.807, 2.05) is 19.9 Å². The number of carbonyl (C=O) groups excluding carboxylic acids is 1. The first-order valence-corrected chi connectivity index (χ1v) is 10.0. The minimum Gasteiger partial charge on any atom is -0.506 e. The largest absolute Gasteiger partial charge is 0.506 e. The van der Waals surface area contributed by atoms with Crippen LogP contribution in [0.25, 0.3) is 0 Å². The van der Waals surface area contributed by atoms with Crippen molar-refractivity contribution in [1.29, 1.82) is 5.41 Å². The molecule has 1 heterocycles. The SMILES string of the molecule is C=C(/C=C\C(=C/CC)C(=O)NCc1cnc(C)c(O)c1CO)C/C=C\C(=C/C)C(=N)N. The number of rotatable bonds is 11. The molecule has 6 N–H and O–H groups in total. The monoisotopic (exact) mass is 424 g/mol. The molecule has 0 bridgehead atoms. The average Bonchev–Trinajstić information content (AvgIpc) is 2.74. The second-order valence-electron chi connectivity index (χ2n) is 6.86. The Balaban J connectivity index is 2.80. The fourth-order valence-corrected chi connectivity index (χ4v) is 2.70. The minimum absolute atomic E-state index is 0.00573. The minimum atomic E-state index is -0.343. The van der Waals surface area contributed by atoms with Crippen molar-refractivity contribution >= 4 is 11.7 Å². The second-order valence-corrected chi connectivity index (χ2v) is 6.86. The van der Waals surface area contributed by atoms with Crippen LogP contribution in [-0.4, -0.2) is 26.9 Å². The van der Waals surface area contributed by atoms with Gasteiger partial charge in [-0.2, -0.15) is 0 Å². The van der Waals surface area contributed by atoms with E-state index >= 15 is 0 Å². The molecule has 0 spiro atoms. The van der Waals surface area contributed by atoms with E-state index in [0.29, 0.717) is 40.8 Å². The number of aryl methyl sites for hydroxylation is 1. The van der Waals surface area contributed by atoms with Crippen molar-refractivity contribution in [2.45, 2.75) is 46.8 Å². The highest BCUT2D eigenvalue weighted by atomic mass is 16.3. The first-order chi connectivity index (χ1) is 14.7. The van der Waals surface area contributed by atoms with Gasteiger partial charge in [0.05, 0.1) is 12.3 Å². The van der Waals surface area contributed by atoms with Gasteiger partial charge in [-0.05, 0) is 38.3 Å². The van der Waals surface area contributed by atoms with Crippen LogP contribution in [0.1, 0.15) is 43.5 Å². The van der Waals surface area contributed by atoms with Crippen LogP contribution < -0.4 is 11.1 Å². The highest BCUT2D eigenvalue weighted by Gasteiger charge is 2.13. The summed E-state index contributed by atoms with van der Waals surface area (Å²) in [5.41, 5.74) is 8.73. The van der Waals surface area contributed by atoms with Crippen molar-refractivity contribution in [2.75, 3.05) is 0 Å². The Morgan fingerprint density at radius 2 is 2.03 bits per heavy atom. The molecule has 1 rings (SSSR count). The Bertz CT molecular complexity index is 940. The zero-order chi connectivity index (χ0) is 23.4. The fraction of sp³-hybridized carbons (Fsp3) is 0.292. The Morgan fingerprint density at radius 1 is 1.32 bits per heavy atom. The van der Waals surface area contributed by atoms with E-state index in [1.165, 1.54) is 6.20 Å². The molecule has 0 aliphatic heterocycles. The van der Waals surface area contributed by atoms with Crippen LogP contribution in [0.2, 0.25) is 0 Å². The molecule has 1 amide bonds. The maximum absolute atomic E-state index is 12.6. The fourth-order valence-electron chi connectivity index (χ4n) is 2.70. The zero-order valence-corrected chi connectivity index (χ0v) is 18.4. The third kappa shape index (κ3) is 8.06. The van der Waals surface area contributed by atoms with Crippen LogP contribution >= 0.6 is 0 Å². The molecule has 0 aliphatic carbocycles. The van der Waals surface area contributed by atoms with Gasteiger partial charge in [0.1, 0.15) is 11.6 Å². The van der Waals surface area contributed by atoms with Gasteiger partial charge in [-0.15, -0.1) is 0 Å². The van der Waals surface area contributed by atoms with Crippen molar-refractivity contribution in [3.8, 4) is 5.75 Å². The summed E-state index contributed by atoms with van der Waals surface area (Å²) in [4.78, 5) is 16.7. The van der Waals surface area contributed by atoms with E-state index in [4.69, 9.17) is 11.1 Å². The first kappa shape index (κ1) is 25.6. The van der Waals surface area contributed by atoms with Crippen LogP contribution in [0.15, 0.2) is 66.0 Å². The van der Waals surface area contributed by atoms with Crippen LogP contribution in [0.5, 0.6) is 5.75 Å². The van der Waals surface area contributed by atoms with Crippen molar-refractivity contribution < 1.29 is 15.0 Å². The van der Waals surface area contributed by atoms with E-state index in [2.05, 4.69) is 16.9 Å². The number of aliphatic hydroxyl groups is 1. The van der Waals surface area contributed by atoms with Gasteiger partial charge in [-0.1, -0.05) is 49.5 Å². The Morgan fingerprint density at radius 3 is 2.61 bits per heavy atom. The summed E-state index contributed by atoms with van der Waals surface area (Å²) in [6.07, 6.45) is 13.4. The number of amidine groups is 1. The number of pyridine rings is 1. The third-order valence-electron chi connectivity index (χ3n) is 4.51. The van der Waals surface area contributed by atoms with Gasteiger partial charge in [-0.25, -0.2) is 0 Å². The molecular formula is C24H32N4O3. The number of hydrogen-bond donors (Lipinski definition) is 5. The van der Waals surface area contributed by atoms with Gasteiger partial charge in [0, 0.05) is 29.5 Å². The van der Waals surface area contributed by atoms with Crippen molar-refractivity contribution in [3.63, 3.8) is 0 Å². The molecule has 166 valence electrons. The number of aromatic hydroxyl groups is 1. The molecule has 31 heavy (non-hydrogen) atoms. The van der Waals surface area contributed by atoms with Gasteiger partial charge >= 0.3 is 0 Å². The van der Waals surface area contributed by atoms with Gasteiger partial charge in [0.15, 0.2) is 0 Å². The maximum Gasteiger partial charge on any atom is 0.251 e. The predicted octanol–water partition coefficient (Wildman–Crippen LogP) is 3.48. The van der Waals surface area contributed by atoms with Crippen molar-refractivity contribution in [2.24, 2.45) is 5.73 Å². The molecule has 0 saturated heterocycles. The summed E-state index contributed by atoms with van der Waals surface area (Å²) < 4.78 is 0. The average molecular weight is 425 g/mol. The van der Waals surface area contributed by atoms with Gasteiger partial charge < -0.3 is 21.3 Å². The molecule has 1 aromatic heterocycles. The molecule has 0 aliphatic rings. The number of nitrogens with two attached hydrogens (primary N) is 1. The van der Waals surface area contributed by atoms with E-state index in [-0.39, 0.29) is 30.6 Å². The number of carbonyl (C=O) groups is 1. The lowest BCUT2D eigenvalue weighted by Gasteiger charge is -2.12. The number of allylic oxidation sites excluding steroid dienone is 5. The van der Waals surface area contributed by atoms with E-state index < -0.39 is 0 Å². The summed E-state index contributed by atoms with van der Waals surface area (Å²) in [7, 11) is 0. The van der Waals surface area contributed by atoms with E-state index in [0.717, 1.165) is 5.57 Å². The number of hydrogen-bond acceptors (Lipinski definition) is 5. The van der Waals surface area contributed by atoms with Crippen LogP contribution in [-0.2, 0) is 17.9 Å². The Hall–Kier alpha value is -3.45. The molecular weight excluding hydrogens is 392 g/mol. The quantitative estimate of drug-likeness (QED) is 0.161. The van der Waals surface area contributed by atoms with Gasteiger partial charge in [0.25, 0.3) is 5.91 Å². The second kappa shape index (κ2) is 13.0. The maximum atomic E-state index is 12.6. The molecule has 0 unspecified atom stereocenters. The molecule has 0 saturated carbocycles. The third-order valence-corrected chi connectivity index (χ3v) is 4.51. The standard InChI is InChI=1S/C24H32N4O3/c1-5-8-19(12-11-16(3)9-7-10-18(6-2)23(25)26)24(31)28-14-20-13-27-17(4)22(30)21(20)15-29/h6-8,10-13,29-30H,3,5,9,14-15H2,1-2,4H3,(H3,25,26)(H,28,31)/b10-7-,12-11-,18-6+,19-8+. The van der Waals surface area contributed by atoms with Gasteiger partial charge in [0.2, 0.25) is 0 Å². The lowest BCUT2D eigenvalue weighted by molar-refractivity contribution is -0.117. The number of aliphatic hydroxyl groups excluding tert-OH is 1. The van der Waals surface area contributed by atoms with E-state index in [9.17, 15) is 15.0 Å². The summed E-state index contributed by atoms with van der Waals surface area (Å²) >= 11 is 0. The van der Waals surface area contributed by atoms with Crippen LogP contribution in [0.4, 0.5) is 0 Å². The van der Waals surface area contributed by atoms with Crippen LogP contribution in [0.3, 0.4) is 0 Å². The highest BCUT2D eigenvalue weighted by molar-refractivity contribution is 5.97. The number of aromatic nitrogens is 1. The topological polar surface area (TPSA) is 132 Å². The summed E-state index contributed by atoms with van der Waals surface area (Å²) in [6.45, 7) is 9.16. The summed E-state index contributed by atoms with van der Waals surface area (Å²) in [5.74, 6) is -0.335. The normalized spacial score (nSPS) is 12.5. The lowest BCUT2D eigenvalue weighted by Crippen LogP contribution is -2.24. The molecule has 7 heteroatoms. The van der Waals surface area contributed by atoms with E-state index in [1.54, 1.807) is 37.3 Å². The smallest absolute Gasteiger partial charge is 0.251 e.